The molecule has 1 aliphatic rings. The van der Waals surface area contributed by atoms with E-state index in [0.717, 1.165) is 52.0 Å². The lowest BCUT2D eigenvalue weighted by molar-refractivity contribution is 0.183. The molecule has 4 aromatic rings. The normalized spacial score (nSPS) is 13.9. The van der Waals surface area contributed by atoms with Crippen molar-refractivity contribution in [3.8, 4) is 45.5 Å². The van der Waals surface area contributed by atoms with Crippen LogP contribution < -0.4 is 14.2 Å². The van der Waals surface area contributed by atoms with Crippen molar-refractivity contribution < 1.29 is 14.2 Å². The van der Waals surface area contributed by atoms with Crippen molar-refractivity contribution in [2.45, 2.75) is 19.3 Å². The molecule has 6 nitrogen and oxygen atoms in total. The summed E-state index contributed by atoms with van der Waals surface area (Å²) in [4.78, 5) is 2.49. The van der Waals surface area contributed by atoms with Gasteiger partial charge in [0.25, 0.3) is 0 Å². The molecule has 1 aromatic heterocycles. The summed E-state index contributed by atoms with van der Waals surface area (Å²) in [5, 5.41) is 4.96. The minimum absolute atomic E-state index is 0.713. The largest absolute Gasteiger partial charge is 0.497 e. The van der Waals surface area contributed by atoms with Crippen molar-refractivity contribution in [2.75, 3.05) is 40.5 Å². The molecular formula is C30H33N3O3. The zero-order valence-electron chi connectivity index (χ0n) is 21.0. The standard InChI is InChI=1S/C30H33N3O3/c1-34-26-12-6-23(7-13-26)29-22-30(33(31-29)25-10-16-27(35-2)17-11-25)24-8-14-28(15-9-24)36-21-20-32-18-4-3-5-19-32/h6-17,22H,3-5,18-21H2,1-2H3. The van der Waals surface area contributed by atoms with Gasteiger partial charge in [-0.2, -0.15) is 5.10 Å². The van der Waals surface area contributed by atoms with Crippen LogP contribution in [0.25, 0.3) is 28.2 Å². The number of hydrogen-bond acceptors (Lipinski definition) is 5. The van der Waals surface area contributed by atoms with E-state index in [1.165, 1.54) is 32.4 Å². The van der Waals surface area contributed by atoms with E-state index in [0.29, 0.717) is 6.61 Å². The Hall–Kier alpha value is -3.77. The first-order valence-electron chi connectivity index (χ1n) is 12.6. The van der Waals surface area contributed by atoms with Gasteiger partial charge in [-0.25, -0.2) is 4.68 Å². The lowest BCUT2D eigenvalue weighted by atomic mass is 10.1. The van der Waals surface area contributed by atoms with Crippen LogP contribution in [0, 0.1) is 0 Å². The van der Waals surface area contributed by atoms with Gasteiger partial charge in [0.1, 0.15) is 23.9 Å². The fourth-order valence-corrected chi connectivity index (χ4v) is 4.61. The van der Waals surface area contributed by atoms with Gasteiger partial charge in [0, 0.05) is 17.7 Å². The van der Waals surface area contributed by atoms with Gasteiger partial charge in [-0.05, 0) is 105 Å². The topological polar surface area (TPSA) is 48.8 Å². The Morgan fingerprint density at radius 1 is 0.694 bits per heavy atom. The molecule has 3 aromatic carbocycles. The molecule has 186 valence electrons. The number of ether oxygens (including phenoxy) is 3. The molecule has 0 atom stereocenters. The monoisotopic (exact) mass is 483 g/mol. The lowest BCUT2D eigenvalue weighted by Crippen LogP contribution is -2.33. The quantitative estimate of drug-likeness (QED) is 0.288. The third-order valence-corrected chi connectivity index (χ3v) is 6.69. The average molecular weight is 484 g/mol. The Kier molecular flexibility index (Phi) is 7.52. The number of likely N-dealkylation sites (tertiary alicyclic amines) is 1. The molecule has 0 amide bonds. The maximum atomic E-state index is 6.05. The molecule has 0 N–H and O–H groups in total. The highest BCUT2D eigenvalue weighted by molar-refractivity contribution is 5.71. The molecule has 5 rings (SSSR count). The number of rotatable bonds is 9. The van der Waals surface area contributed by atoms with Crippen LogP contribution in [0.3, 0.4) is 0 Å². The van der Waals surface area contributed by atoms with Gasteiger partial charge in [0.15, 0.2) is 0 Å². The summed E-state index contributed by atoms with van der Waals surface area (Å²) in [6, 6.07) is 26.3. The van der Waals surface area contributed by atoms with Crippen molar-refractivity contribution in [1.29, 1.82) is 0 Å². The first kappa shape index (κ1) is 23.9. The van der Waals surface area contributed by atoms with Gasteiger partial charge >= 0.3 is 0 Å². The fourth-order valence-electron chi connectivity index (χ4n) is 4.61. The molecule has 1 aliphatic heterocycles. The van der Waals surface area contributed by atoms with Crippen molar-refractivity contribution in [2.24, 2.45) is 0 Å². The number of hydrogen-bond donors (Lipinski definition) is 0. The number of nitrogens with zero attached hydrogens (tertiary/aromatic N) is 3. The molecule has 1 saturated heterocycles. The summed E-state index contributed by atoms with van der Waals surface area (Å²) < 4.78 is 18.7. The van der Waals surface area contributed by atoms with Gasteiger partial charge < -0.3 is 14.2 Å². The maximum absolute atomic E-state index is 6.05. The zero-order valence-corrected chi connectivity index (χ0v) is 21.0. The molecule has 6 heteroatoms. The number of benzene rings is 3. The van der Waals surface area contributed by atoms with Gasteiger partial charge in [-0.15, -0.1) is 0 Å². The van der Waals surface area contributed by atoms with Crippen molar-refractivity contribution >= 4 is 0 Å². The molecular weight excluding hydrogens is 450 g/mol. The number of aromatic nitrogens is 2. The van der Waals surface area contributed by atoms with Crippen molar-refractivity contribution in [1.82, 2.24) is 14.7 Å². The van der Waals surface area contributed by atoms with Gasteiger partial charge in [-0.3, -0.25) is 4.90 Å². The van der Waals surface area contributed by atoms with Crippen LogP contribution in [0.5, 0.6) is 17.2 Å². The van der Waals surface area contributed by atoms with E-state index in [4.69, 9.17) is 19.3 Å². The van der Waals surface area contributed by atoms with Gasteiger partial charge in [0.2, 0.25) is 0 Å². The molecule has 0 unspecified atom stereocenters. The highest BCUT2D eigenvalue weighted by atomic mass is 16.5. The Balaban J connectivity index is 1.39. The minimum Gasteiger partial charge on any atom is -0.497 e. The van der Waals surface area contributed by atoms with Crippen LogP contribution >= 0.6 is 0 Å². The van der Waals surface area contributed by atoms with Crippen LogP contribution in [0.1, 0.15) is 19.3 Å². The summed E-state index contributed by atoms with van der Waals surface area (Å²) in [6.45, 7) is 4.07. The second-order valence-corrected chi connectivity index (χ2v) is 9.03. The van der Waals surface area contributed by atoms with E-state index in [1.807, 2.05) is 65.3 Å². The van der Waals surface area contributed by atoms with E-state index in [9.17, 15) is 0 Å². The molecule has 0 saturated carbocycles. The smallest absolute Gasteiger partial charge is 0.119 e. The summed E-state index contributed by atoms with van der Waals surface area (Å²) in [7, 11) is 3.35. The number of methoxy groups -OCH3 is 2. The Bertz CT molecular complexity index is 1240. The zero-order chi connectivity index (χ0) is 24.7. The summed E-state index contributed by atoms with van der Waals surface area (Å²) >= 11 is 0. The van der Waals surface area contributed by atoms with Crippen molar-refractivity contribution in [3.63, 3.8) is 0 Å². The first-order valence-corrected chi connectivity index (χ1v) is 12.6. The van der Waals surface area contributed by atoms with Crippen LogP contribution in [0.15, 0.2) is 78.9 Å². The maximum Gasteiger partial charge on any atom is 0.119 e. The molecule has 0 spiro atoms. The summed E-state index contributed by atoms with van der Waals surface area (Å²) in [5.74, 6) is 2.53. The minimum atomic E-state index is 0.713. The predicted molar refractivity (Wildman–Crippen MR) is 143 cm³/mol. The lowest BCUT2D eigenvalue weighted by Gasteiger charge is -2.26. The average Bonchev–Trinajstić information content (AvgIpc) is 3.40. The summed E-state index contributed by atoms with van der Waals surface area (Å²) in [6.07, 6.45) is 3.95. The van der Waals surface area contributed by atoms with Crippen LogP contribution in [0.4, 0.5) is 0 Å². The molecule has 2 heterocycles. The van der Waals surface area contributed by atoms with E-state index < -0.39 is 0 Å². The Morgan fingerprint density at radius 3 is 1.92 bits per heavy atom. The third kappa shape index (κ3) is 5.55. The van der Waals surface area contributed by atoms with Crippen LogP contribution in [-0.4, -0.2) is 55.1 Å². The SMILES string of the molecule is COc1ccc(-c2cc(-c3ccc(OCCN4CCCCC4)cc3)n(-c3ccc(OC)cc3)n2)cc1. The third-order valence-electron chi connectivity index (χ3n) is 6.69. The first-order chi connectivity index (χ1) is 17.7. The second-order valence-electron chi connectivity index (χ2n) is 9.03. The number of piperidine rings is 1. The second kappa shape index (κ2) is 11.3. The van der Waals surface area contributed by atoms with Gasteiger partial charge in [0.05, 0.1) is 31.3 Å². The molecule has 0 radical (unpaired) electrons. The molecule has 0 bridgehead atoms. The molecule has 0 aliphatic carbocycles. The van der Waals surface area contributed by atoms with E-state index >= 15 is 0 Å². The highest BCUT2D eigenvalue weighted by Gasteiger charge is 2.14. The van der Waals surface area contributed by atoms with Gasteiger partial charge in [-0.1, -0.05) is 6.42 Å². The van der Waals surface area contributed by atoms with Crippen molar-refractivity contribution in [3.05, 3.63) is 78.9 Å². The highest BCUT2D eigenvalue weighted by Crippen LogP contribution is 2.31. The van der Waals surface area contributed by atoms with Crippen LogP contribution in [0.2, 0.25) is 0 Å². The van der Waals surface area contributed by atoms with E-state index in [1.54, 1.807) is 14.2 Å². The molecule has 36 heavy (non-hydrogen) atoms. The Morgan fingerprint density at radius 2 is 1.28 bits per heavy atom. The summed E-state index contributed by atoms with van der Waals surface area (Å²) in [5.41, 5.74) is 4.96. The fraction of sp³-hybridized carbons (Fsp3) is 0.300. The predicted octanol–water partition coefficient (Wildman–Crippen LogP) is 6.09. The molecule has 1 fully saturated rings. The Labute approximate surface area is 213 Å². The van der Waals surface area contributed by atoms with E-state index in [-0.39, 0.29) is 0 Å². The van der Waals surface area contributed by atoms with Crippen LogP contribution in [-0.2, 0) is 0 Å². The van der Waals surface area contributed by atoms with E-state index in [2.05, 4.69) is 23.1 Å².